The minimum absolute atomic E-state index is 0.248. The molecule has 18 heavy (non-hydrogen) atoms. The van der Waals surface area contributed by atoms with Gasteiger partial charge in [0.25, 0.3) is 0 Å². The van der Waals surface area contributed by atoms with E-state index in [2.05, 4.69) is 18.7 Å². The molecule has 2 nitrogen and oxygen atoms in total. The maximum Gasteiger partial charge on any atom is 0.123 e. The minimum Gasteiger partial charge on any atom is -0.389 e. The fourth-order valence-corrected chi connectivity index (χ4v) is 1.98. The number of nitrogens with zero attached hydrogens (tertiary/aromatic N) is 1. The third kappa shape index (κ3) is 4.70. The van der Waals surface area contributed by atoms with Crippen LogP contribution in [0.5, 0.6) is 0 Å². The Bertz CT molecular complexity index is 418. The maximum absolute atomic E-state index is 13.3. The zero-order valence-electron chi connectivity index (χ0n) is 11.2. The van der Waals surface area contributed by atoms with Crippen LogP contribution >= 0.6 is 12.2 Å². The van der Waals surface area contributed by atoms with Crippen molar-refractivity contribution in [3.05, 3.63) is 35.1 Å². The van der Waals surface area contributed by atoms with Gasteiger partial charge in [-0.15, -0.1) is 0 Å². The number of nitrogens with two attached hydrogens (primary N) is 1. The van der Waals surface area contributed by atoms with Crippen LogP contribution in [0.25, 0.3) is 0 Å². The van der Waals surface area contributed by atoms with E-state index in [1.54, 1.807) is 6.07 Å². The molecule has 0 aliphatic heterocycles. The van der Waals surface area contributed by atoms with E-state index in [9.17, 15) is 4.39 Å². The number of halogens is 1. The second kappa shape index (κ2) is 6.81. The highest BCUT2D eigenvalue weighted by Gasteiger charge is 2.09. The molecular formula is C14H21FN2S. The first-order chi connectivity index (χ1) is 8.40. The Hall–Kier alpha value is -1.00. The minimum atomic E-state index is -0.248. The SMILES string of the molecule is CC(C)CCN(C)Cc1cc(F)ccc1C(N)=S. The van der Waals surface area contributed by atoms with Crippen LogP contribution in [-0.2, 0) is 6.54 Å². The molecule has 1 aromatic carbocycles. The van der Waals surface area contributed by atoms with Crippen molar-refractivity contribution in [3.63, 3.8) is 0 Å². The summed E-state index contributed by atoms with van der Waals surface area (Å²) in [6.07, 6.45) is 1.12. The van der Waals surface area contributed by atoms with Gasteiger partial charge in [0.2, 0.25) is 0 Å². The van der Waals surface area contributed by atoms with Crippen LogP contribution in [0.2, 0.25) is 0 Å². The Labute approximate surface area is 114 Å². The van der Waals surface area contributed by atoms with E-state index < -0.39 is 0 Å². The predicted octanol–water partition coefficient (Wildman–Crippen LogP) is 2.94. The average Bonchev–Trinajstić information content (AvgIpc) is 2.26. The Morgan fingerprint density at radius 2 is 2.11 bits per heavy atom. The number of hydrogen-bond donors (Lipinski definition) is 1. The van der Waals surface area contributed by atoms with Gasteiger partial charge < -0.3 is 10.6 Å². The van der Waals surface area contributed by atoms with Crippen LogP contribution in [0.15, 0.2) is 18.2 Å². The first-order valence-electron chi connectivity index (χ1n) is 6.17. The monoisotopic (exact) mass is 268 g/mol. The molecule has 0 saturated carbocycles. The van der Waals surface area contributed by atoms with Gasteiger partial charge in [-0.25, -0.2) is 4.39 Å². The standard InChI is InChI=1S/C14H21FN2S/c1-10(2)6-7-17(3)9-11-8-12(15)4-5-13(11)14(16)18/h4-5,8,10H,6-7,9H2,1-3H3,(H2,16,18). The molecule has 0 heterocycles. The van der Waals surface area contributed by atoms with E-state index in [0.29, 0.717) is 17.5 Å². The molecule has 2 N–H and O–H groups in total. The molecule has 0 atom stereocenters. The number of hydrogen-bond acceptors (Lipinski definition) is 2. The lowest BCUT2D eigenvalue weighted by atomic mass is 10.1. The zero-order valence-corrected chi connectivity index (χ0v) is 12.1. The third-order valence-electron chi connectivity index (χ3n) is 2.86. The molecule has 0 aliphatic carbocycles. The molecule has 0 unspecified atom stereocenters. The van der Waals surface area contributed by atoms with Crippen molar-refractivity contribution in [2.45, 2.75) is 26.8 Å². The average molecular weight is 268 g/mol. The van der Waals surface area contributed by atoms with Gasteiger partial charge in [0.05, 0.1) is 0 Å². The molecule has 1 rings (SSSR count). The van der Waals surface area contributed by atoms with E-state index in [4.69, 9.17) is 18.0 Å². The summed E-state index contributed by atoms with van der Waals surface area (Å²) >= 11 is 4.99. The molecule has 100 valence electrons. The summed E-state index contributed by atoms with van der Waals surface area (Å²) in [6, 6.07) is 4.57. The third-order valence-corrected chi connectivity index (χ3v) is 3.08. The van der Waals surface area contributed by atoms with Crippen molar-refractivity contribution in [1.82, 2.24) is 4.90 Å². The number of benzene rings is 1. The summed E-state index contributed by atoms with van der Waals surface area (Å²) in [5, 5.41) is 0. The van der Waals surface area contributed by atoms with Gasteiger partial charge in [0, 0.05) is 12.1 Å². The first-order valence-corrected chi connectivity index (χ1v) is 6.57. The number of thiocarbonyl (C=S) groups is 1. The Morgan fingerprint density at radius 3 is 2.67 bits per heavy atom. The summed E-state index contributed by atoms with van der Waals surface area (Å²) in [5.41, 5.74) is 7.27. The van der Waals surface area contributed by atoms with E-state index in [1.165, 1.54) is 12.1 Å². The van der Waals surface area contributed by atoms with Crippen LogP contribution in [0.4, 0.5) is 4.39 Å². The van der Waals surface area contributed by atoms with Crippen molar-refractivity contribution in [2.75, 3.05) is 13.6 Å². The largest absolute Gasteiger partial charge is 0.389 e. The van der Waals surface area contributed by atoms with Crippen LogP contribution < -0.4 is 5.73 Å². The molecule has 0 amide bonds. The normalized spacial score (nSPS) is 11.2. The van der Waals surface area contributed by atoms with Gasteiger partial charge in [0.1, 0.15) is 10.8 Å². The lowest BCUT2D eigenvalue weighted by Gasteiger charge is -2.19. The van der Waals surface area contributed by atoms with Crippen molar-refractivity contribution >= 4 is 17.2 Å². The molecule has 0 radical (unpaired) electrons. The van der Waals surface area contributed by atoms with Gasteiger partial charge in [-0.1, -0.05) is 26.1 Å². The summed E-state index contributed by atoms with van der Waals surface area (Å²) in [5.74, 6) is 0.414. The first kappa shape index (κ1) is 15.1. The molecule has 1 aromatic rings. The smallest absolute Gasteiger partial charge is 0.123 e. The summed E-state index contributed by atoms with van der Waals surface area (Å²) in [6.45, 7) is 6.02. The molecule has 0 bridgehead atoms. The quantitative estimate of drug-likeness (QED) is 0.804. The molecule has 0 aromatic heterocycles. The maximum atomic E-state index is 13.3. The lowest BCUT2D eigenvalue weighted by molar-refractivity contribution is 0.303. The molecule has 0 fully saturated rings. The Morgan fingerprint density at radius 1 is 1.44 bits per heavy atom. The lowest BCUT2D eigenvalue weighted by Crippen LogP contribution is -2.23. The zero-order chi connectivity index (χ0) is 13.7. The molecule has 0 aliphatic rings. The van der Waals surface area contributed by atoms with Crippen molar-refractivity contribution in [3.8, 4) is 0 Å². The second-order valence-electron chi connectivity index (χ2n) is 5.09. The van der Waals surface area contributed by atoms with Crippen molar-refractivity contribution < 1.29 is 4.39 Å². The molecule has 0 spiro atoms. The van der Waals surface area contributed by atoms with Crippen LogP contribution in [0.1, 0.15) is 31.4 Å². The van der Waals surface area contributed by atoms with Gasteiger partial charge >= 0.3 is 0 Å². The van der Waals surface area contributed by atoms with E-state index in [1.807, 2.05) is 7.05 Å². The number of rotatable bonds is 6. The van der Waals surface area contributed by atoms with Crippen LogP contribution in [0.3, 0.4) is 0 Å². The van der Waals surface area contributed by atoms with Gasteiger partial charge in [-0.05, 0) is 49.7 Å². The highest BCUT2D eigenvalue weighted by molar-refractivity contribution is 7.80. The van der Waals surface area contributed by atoms with Gasteiger partial charge in [-0.2, -0.15) is 0 Å². The van der Waals surface area contributed by atoms with Crippen molar-refractivity contribution in [1.29, 1.82) is 0 Å². The van der Waals surface area contributed by atoms with E-state index >= 15 is 0 Å². The van der Waals surface area contributed by atoms with Crippen LogP contribution in [0, 0.1) is 11.7 Å². The summed E-state index contributed by atoms with van der Waals surface area (Å²) < 4.78 is 13.3. The molecule has 0 saturated heterocycles. The van der Waals surface area contributed by atoms with E-state index in [0.717, 1.165) is 24.1 Å². The highest BCUT2D eigenvalue weighted by atomic mass is 32.1. The molecule has 4 heteroatoms. The fraction of sp³-hybridized carbons (Fsp3) is 0.500. The van der Waals surface area contributed by atoms with Crippen molar-refractivity contribution in [2.24, 2.45) is 11.7 Å². The predicted molar refractivity (Wildman–Crippen MR) is 78.1 cm³/mol. The van der Waals surface area contributed by atoms with Gasteiger partial charge in [-0.3, -0.25) is 0 Å². The topological polar surface area (TPSA) is 29.3 Å². The Balaban J connectivity index is 2.76. The Kier molecular flexibility index (Phi) is 5.69. The van der Waals surface area contributed by atoms with Gasteiger partial charge in [0.15, 0.2) is 0 Å². The summed E-state index contributed by atoms with van der Waals surface area (Å²) in [4.78, 5) is 2.48. The second-order valence-corrected chi connectivity index (χ2v) is 5.53. The fourth-order valence-electron chi connectivity index (χ4n) is 1.78. The summed E-state index contributed by atoms with van der Waals surface area (Å²) in [7, 11) is 2.02. The molecular weight excluding hydrogens is 247 g/mol. The van der Waals surface area contributed by atoms with E-state index in [-0.39, 0.29) is 5.82 Å². The highest BCUT2D eigenvalue weighted by Crippen LogP contribution is 2.14. The van der Waals surface area contributed by atoms with Crippen LogP contribution in [-0.4, -0.2) is 23.5 Å².